The average Bonchev–Trinajstić information content (AvgIpc) is 2.89. The van der Waals surface area contributed by atoms with Crippen molar-refractivity contribution in [3.63, 3.8) is 0 Å². The fourth-order valence-electron chi connectivity index (χ4n) is 2.70. The van der Waals surface area contributed by atoms with E-state index in [1.165, 1.54) is 28.8 Å². The summed E-state index contributed by atoms with van der Waals surface area (Å²) in [6.07, 6.45) is 0. The molecule has 1 N–H and O–H groups in total. The zero-order valence-electron chi connectivity index (χ0n) is 12.9. The van der Waals surface area contributed by atoms with E-state index >= 15 is 0 Å². The summed E-state index contributed by atoms with van der Waals surface area (Å²) in [6.45, 7) is 4.20. The Balaban J connectivity index is 2.32. The Morgan fingerprint density at radius 2 is 2.13 bits per heavy atom. The lowest BCUT2D eigenvalue weighted by Gasteiger charge is -2.17. The Hall–Kier alpha value is -2.09. The van der Waals surface area contributed by atoms with Gasteiger partial charge in [0, 0.05) is 30.1 Å². The molecule has 124 valence electrons. The second kappa shape index (κ2) is 6.99. The van der Waals surface area contributed by atoms with Crippen LogP contribution in [0.5, 0.6) is 0 Å². The minimum Gasteiger partial charge on any atom is -0.481 e. The van der Waals surface area contributed by atoms with Crippen molar-refractivity contribution in [2.24, 2.45) is 11.8 Å². The van der Waals surface area contributed by atoms with E-state index in [1.54, 1.807) is 13.0 Å². The SMILES string of the molecule is CCSc1ccc([N+](=O)[O-])cc1C(=O)N1C[C@@H](C)[C@H](C(=O)O)C1. The molecule has 0 aromatic heterocycles. The van der Waals surface area contributed by atoms with Crippen LogP contribution in [-0.4, -0.2) is 45.6 Å². The normalized spacial score (nSPS) is 20.5. The van der Waals surface area contributed by atoms with Crippen LogP contribution in [0, 0.1) is 22.0 Å². The van der Waals surface area contributed by atoms with Gasteiger partial charge >= 0.3 is 5.97 Å². The van der Waals surface area contributed by atoms with Gasteiger partial charge in [-0.05, 0) is 17.7 Å². The van der Waals surface area contributed by atoms with Gasteiger partial charge in [0.25, 0.3) is 11.6 Å². The highest BCUT2D eigenvalue weighted by molar-refractivity contribution is 7.99. The van der Waals surface area contributed by atoms with Crippen LogP contribution < -0.4 is 0 Å². The average molecular weight is 338 g/mol. The highest BCUT2D eigenvalue weighted by Gasteiger charge is 2.37. The molecule has 0 saturated carbocycles. The monoisotopic (exact) mass is 338 g/mol. The Morgan fingerprint density at radius 3 is 2.65 bits per heavy atom. The lowest BCUT2D eigenvalue weighted by molar-refractivity contribution is -0.384. The highest BCUT2D eigenvalue weighted by Crippen LogP contribution is 2.30. The number of hydrogen-bond donors (Lipinski definition) is 1. The van der Waals surface area contributed by atoms with Gasteiger partial charge in [0.2, 0.25) is 0 Å². The summed E-state index contributed by atoms with van der Waals surface area (Å²) in [5, 5.41) is 20.1. The molecule has 2 atom stereocenters. The maximum absolute atomic E-state index is 12.7. The maximum atomic E-state index is 12.7. The summed E-state index contributed by atoms with van der Waals surface area (Å²) in [7, 11) is 0. The number of carboxylic acid groups (broad SMARTS) is 1. The molecule has 0 spiro atoms. The molecule has 23 heavy (non-hydrogen) atoms. The third kappa shape index (κ3) is 3.64. The van der Waals surface area contributed by atoms with Crippen LogP contribution in [0.2, 0.25) is 0 Å². The predicted molar refractivity (Wildman–Crippen MR) is 85.7 cm³/mol. The number of carbonyl (C=O) groups excluding carboxylic acids is 1. The summed E-state index contributed by atoms with van der Waals surface area (Å²) < 4.78 is 0. The third-order valence-corrected chi connectivity index (χ3v) is 4.88. The fourth-order valence-corrected chi connectivity index (χ4v) is 3.48. The van der Waals surface area contributed by atoms with Crippen LogP contribution in [0.1, 0.15) is 24.2 Å². The number of non-ortho nitro benzene ring substituents is 1. The van der Waals surface area contributed by atoms with Gasteiger partial charge in [-0.3, -0.25) is 19.7 Å². The summed E-state index contributed by atoms with van der Waals surface area (Å²) >= 11 is 1.43. The number of likely N-dealkylation sites (tertiary alicyclic amines) is 1. The zero-order chi connectivity index (χ0) is 17.1. The maximum Gasteiger partial charge on any atom is 0.308 e. The van der Waals surface area contributed by atoms with Gasteiger partial charge in [0.1, 0.15) is 0 Å². The number of carboxylic acids is 1. The number of amides is 1. The lowest BCUT2D eigenvalue weighted by atomic mass is 9.99. The number of hydrogen-bond acceptors (Lipinski definition) is 5. The van der Waals surface area contributed by atoms with Crippen molar-refractivity contribution in [1.29, 1.82) is 0 Å². The van der Waals surface area contributed by atoms with Crippen LogP contribution in [0.3, 0.4) is 0 Å². The van der Waals surface area contributed by atoms with Crippen molar-refractivity contribution in [3.8, 4) is 0 Å². The van der Waals surface area contributed by atoms with E-state index in [0.29, 0.717) is 11.4 Å². The smallest absolute Gasteiger partial charge is 0.308 e. The van der Waals surface area contributed by atoms with Crippen LogP contribution >= 0.6 is 11.8 Å². The van der Waals surface area contributed by atoms with E-state index in [-0.39, 0.29) is 29.6 Å². The van der Waals surface area contributed by atoms with E-state index in [1.807, 2.05) is 6.92 Å². The summed E-state index contributed by atoms with van der Waals surface area (Å²) in [5.74, 6) is -1.28. The van der Waals surface area contributed by atoms with Gasteiger partial charge < -0.3 is 10.0 Å². The molecule has 1 amide bonds. The van der Waals surface area contributed by atoms with E-state index in [9.17, 15) is 24.8 Å². The molecule has 1 aliphatic heterocycles. The van der Waals surface area contributed by atoms with Crippen molar-refractivity contribution in [1.82, 2.24) is 4.90 Å². The van der Waals surface area contributed by atoms with Gasteiger partial charge in [-0.25, -0.2) is 0 Å². The zero-order valence-corrected chi connectivity index (χ0v) is 13.7. The Labute approximate surface area is 137 Å². The Kier molecular flexibility index (Phi) is 5.25. The van der Waals surface area contributed by atoms with Crippen LogP contribution in [0.25, 0.3) is 0 Å². The largest absolute Gasteiger partial charge is 0.481 e. The predicted octanol–water partition coefficient (Wildman–Crippen LogP) is 2.50. The molecule has 0 unspecified atom stereocenters. The van der Waals surface area contributed by atoms with Crippen LogP contribution in [0.4, 0.5) is 5.69 Å². The lowest BCUT2D eigenvalue weighted by Crippen LogP contribution is -2.30. The first kappa shape index (κ1) is 17.3. The van der Waals surface area contributed by atoms with Gasteiger partial charge in [-0.15, -0.1) is 11.8 Å². The molecule has 7 nitrogen and oxygen atoms in total. The van der Waals surface area contributed by atoms with Crippen molar-refractivity contribution in [2.75, 3.05) is 18.8 Å². The molecule has 1 aromatic carbocycles. The van der Waals surface area contributed by atoms with Crippen LogP contribution in [-0.2, 0) is 4.79 Å². The van der Waals surface area contributed by atoms with Crippen molar-refractivity contribution >= 4 is 29.3 Å². The molecule has 0 radical (unpaired) electrons. The third-order valence-electron chi connectivity index (χ3n) is 3.92. The van der Waals surface area contributed by atoms with E-state index in [0.717, 1.165) is 5.75 Å². The molecule has 0 aliphatic carbocycles. The first-order valence-corrected chi connectivity index (χ1v) is 8.27. The summed E-state index contributed by atoms with van der Waals surface area (Å²) in [4.78, 5) is 36.5. The molecule has 8 heteroatoms. The molecule has 2 rings (SSSR count). The first-order valence-electron chi connectivity index (χ1n) is 7.28. The molecule has 1 fully saturated rings. The number of carbonyl (C=O) groups is 2. The van der Waals surface area contributed by atoms with E-state index in [4.69, 9.17) is 0 Å². The number of aliphatic carboxylic acids is 1. The highest BCUT2D eigenvalue weighted by atomic mass is 32.2. The van der Waals surface area contributed by atoms with Crippen molar-refractivity contribution in [3.05, 3.63) is 33.9 Å². The Bertz CT molecular complexity index is 649. The number of rotatable bonds is 5. The summed E-state index contributed by atoms with van der Waals surface area (Å²) in [5.41, 5.74) is 0.125. The quantitative estimate of drug-likeness (QED) is 0.503. The molecular weight excluding hydrogens is 320 g/mol. The summed E-state index contributed by atoms with van der Waals surface area (Å²) in [6, 6.07) is 4.23. The molecule has 0 bridgehead atoms. The standard InChI is InChI=1S/C15H18N2O5S/c1-3-23-13-5-4-10(17(21)22)6-11(13)14(18)16-7-9(2)12(8-16)15(19)20/h4-6,9,12H,3,7-8H2,1-2H3,(H,19,20)/t9-,12-/m1/s1. The minimum absolute atomic E-state index is 0.133. The second-order valence-electron chi connectivity index (χ2n) is 5.50. The molecule has 1 aliphatic rings. The molecule has 1 aromatic rings. The number of nitro groups is 1. The second-order valence-corrected chi connectivity index (χ2v) is 6.81. The van der Waals surface area contributed by atoms with Gasteiger partial charge in [-0.2, -0.15) is 0 Å². The number of nitro benzene ring substituents is 1. The fraction of sp³-hybridized carbons (Fsp3) is 0.467. The van der Waals surface area contributed by atoms with Crippen molar-refractivity contribution in [2.45, 2.75) is 18.7 Å². The van der Waals surface area contributed by atoms with E-state index in [2.05, 4.69) is 0 Å². The Morgan fingerprint density at radius 1 is 1.43 bits per heavy atom. The number of thioether (sulfide) groups is 1. The van der Waals surface area contributed by atoms with Gasteiger partial charge in [-0.1, -0.05) is 13.8 Å². The van der Waals surface area contributed by atoms with Crippen molar-refractivity contribution < 1.29 is 19.6 Å². The first-order chi connectivity index (χ1) is 10.8. The number of nitrogens with zero attached hydrogens (tertiary/aromatic N) is 2. The number of benzene rings is 1. The van der Waals surface area contributed by atoms with Gasteiger partial charge in [0.05, 0.1) is 16.4 Å². The molecule has 1 saturated heterocycles. The molecule has 1 heterocycles. The van der Waals surface area contributed by atoms with E-state index < -0.39 is 16.8 Å². The van der Waals surface area contributed by atoms with Crippen LogP contribution in [0.15, 0.2) is 23.1 Å². The topological polar surface area (TPSA) is 101 Å². The van der Waals surface area contributed by atoms with Gasteiger partial charge in [0.15, 0.2) is 0 Å². The minimum atomic E-state index is -0.921. The molecular formula is C15H18N2O5S.